The van der Waals surface area contributed by atoms with Crippen molar-refractivity contribution in [2.75, 3.05) is 6.54 Å². The Hall–Kier alpha value is -0.300. The summed E-state index contributed by atoms with van der Waals surface area (Å²) in [6, 6.07) is 0. The van der Waals surface area contributed by atoms with E-state index >= 15 is 0 Å². The molecule has 5 heavy (non-hydrogen) atoms. The Balaban J connectivity index is 2.32. The van der Waals surface area contributed by atoms with Crippen molar-refractivity contribution in [3.05, 3.63) is 12.3 Å². The van der Waals surface area contributed by atoms with Crippen molar-refractivity contribution in [1.82, 2.24) is 0 Å². The van der Waals surface area contributed by atoms with Gasteiger partial charge in [-0.25, -0.2) is 0 Å². The van der Waals surface area contributed by atoms with Crippen molar-refractivity contribution in [3.8, 4) is 0 Å². The lowest BCUT2D eigenvalue weighted by Gasteiger charge is -1.71. The van der Waals surface area contributed by atoms with Gasteiger partial charge in [0.25, 0.3) is 0 Å². The zero-order valence-corrected chi connectivity index (χ0v) is 3.15. The van der Waals surface area contributed by atoms with Crippen LogP contribution in [-0.2, 0) is 0 Å². The summed E-state index contributed by atoms with van der Waals surface area (Å²) in [6.45, 7) is 1.26. The Kier molecular flexibility index (Phi) is 0.711. The molecule has 28 valence electrons. The molecule has 0 spiro atoms. The molecule has 0 amide bonds. The second kappa shape index (κ2) is 1.22. The van der Waals surface area contributed by atoms with Crippen LogP contribution >= 0.6 is 0 Å². The Bertz CT molecular complexity index is 41.6. The predicted octanol–water partition coefficient (Wildman–Crippen LogP) is -0.533. The second-order valence-electron chi connectivity index (χ2n) is 1.24. The van der Waals surface area contributed by atoms with Crippen LogP contribution in [0.15, 0.2) is 12.3 Å². The molecule has 0 aromatic carbocycles. The first kappa shape index (κ1) is 2.91. The fourth-order valence-corrected chi connectivity index (χ4v) is 0.481. The summed E-state index contributed by atoms with van der Waals surface area (Å²) in [5.74, 6) is 0. The maximum absolute atomic E-state index is 2.18. The second-order valence-corrected chi connectivity index (χ2v) is 1.24. The summed E-state index contributed by atoms with van der Waals surface area (Å²) in [4.78, 5) is 0. The summed E-state index contributed by atoms with van der Waals surface area (Å²) in [5.41, 5.74) is 0. The average Bonchev–Trinajstić information content (AvgIpc) is 1.76. The fourth-order valence-electron chi connectivity index (χ4n) is 0.481. The van der Waals surface area contributed by atoms with Gasteiger partial charge in [-0.1, -0.05) is 0 Å². The van der Waals surface area contributed by atoms with Gasteiger partial charge in [-0.3, -0.25) is 0 Å². The molecule has 0 aromatic rings. The third-order valence-electron chi connectivity index (χ3n) is 0.772. The van der Waals surface area contributed by atoms with Crippen molar-refractivity contribution in [2.45, 2.75) is 6.42 Å². The summed E-state index contributed by atoms with van der Waals surface area (Å²) < 4.78 is 0. The molecular formula is C4H8N+. The zero-order chi connectivity index (χ0) is 3.54. The molecule has 1 aliphatic rings. The normalized spacial score (nSPS) is 20.8. The first-order chi connectivity index (χ1) is 2.50. The van der Waals surface area contributed by atoms with Crippen molar-refractivity contribution in [3.63, 3.8) is 0 Å². The molecular weight excluding hydrogens is 62.1 g/mol. The number of quaternary nitrogens is 1. The summed E-state index contributed by atoms with van der Waals surface area (Å²) in [6.07, 6.45) is 5.56. The van der Waals surface area contributed by atoms with Crippen LogP contribution in [0.2, 0.25) is 0 Å². The molecule has 1 aliphatic heterocycles. The molecule has 0 radical (unpaired) electrons. The molecule has 0 saturated heterocycles. The first-order valence-electron chi connectivity index (χ1n) is 1.98. The van der Waals surface area contributed by atoms with E-state index in [9.17, 15) is 0 Å². The summed E-state index contributed by atoms with van der Waals surface area (Å²) >= 11 is 0. The van der Waals surface area contributed by atoms with E-state index in [2.05, 4.69) is 17.6 Å². The summed E-state index contributed by atoms with van der Waals surface area (Å²) in [7, 11) is 0. The highest BCUT2D eigenvalue weighted by Gasteiger charge is 1.87. The highest BCUT2D eigenvalue weighted by atomic mass is 14.8. The minimum absolute atomic E-state index is 1.26. The van der Waals surface area contributed by atoms with E-state index in [1.165, 1.54) is 13.0 Å². The van der Waals surface area contributed by atoms with Gasteiger partial charge in [-0.05, 0) is 6.08 Å². The van der Waals surface area contributed by atoms with Gasteiger partial charge < -0.3 is 5.32 Å². The van der Waals surface area contributed by atoms with Crippen LogP contribution in [0.25, 0.3) is 0 Å². The smallest absolute Gasteiger partial charge is 0.0887 e. The lowest BCUT2D eigenvalue weighted by molar-refractivity contribution is -0.578. The molecule has 0 aliphatic carbocycles. The SMILES string of the molecule is C1=C[NH2+]CC1. The van der Waals surface area contributed by atoms with Gasteiger partial charge in [-0.15, -0.1) is 0 Å². The minimum atomic E-state index is 1.26. The van der Waals surface area contributed by atoms with Crippen LogP contribution in [0.3, 0.4) is 0 Å². The Morgan fingerprint density at radius 1 is 1.60 bits per heavy atom. The standard InChI is InChI=1S/C4H7N/c1-2-4-5-3-1/h1,3,5H,2,4H2/p+1. The lowest BCUT2D eigenvalue weighted by Crippen LogP contribution is -2.75. The van der Waals surface area contributed by atoms with E-state index in [4.69, 9.17) is 0 Å². The average molecular weight is 70.1 g/mol. The molecule has 0 fully saturated rings. The third-order valence-corrected chi connectivity index (χ3v) is 0.772. The van der Waals surface area contributed by atoms with Crippen LogP contribution < -0.4 is 5.32 Å². The fraction of sp³-hybridized carbons (Fsp3) is 0.500. The molecule has 0 saturated carbocycles. The quantitative estimate of drug-likeness (QED) is 0.394. The Labute approximate surface area is 31.7 Å². The van der Waals surface area contributed by atoms with Crippen LogP contribution in [0, 0.1) is 0 Å². The van der Waals surface area contributed by atoms with E-state index < -0.39 is 0 Å². The molecule has 1 rings (SSSR count). The van der Waals surface area contributed by atoms with Crippen LogP contribution in [-0.4, -0.2) is 6.54 Å². The molecule has 2 N–H and O–H groups in total. The van der Waals surface area contributed by atoms with Gasteiger partial charge in [0.15, 0.2) is 0 Å². The van der Waals surface area contributed by atoms with Gasteiger partial charge in [0.05, 0.1) is 12.7 Å². The topological polar surface area (TPSA) is 16.6 Å². The monoisotopic (exact) mass is 70.1 g/mol. The maximum atomic E-state index is 2.18. The van der Waals surface area contributed by atoms with Gasteiger partial charge in [0.2, 0.25) is 0 Å². The van der Waals surface area contributed by atoms with Crippen molar-refractivity contribution in [2.24, 2.45) is 0 Å². The van der Waals surface area contributed by atoms with E-state index in [0.29, 0.717) is 0 Å². The third kappa shape index (κ3) is 0.484. The van der Waals surface area contributed by atoms with E-state index in [1.807, 2.05) is 0 Å². The maximum Gasteiger partial charge on any atom is 0.0887 e. The Morgan fingerprint density at radius 2 is 2.60 bits per heavy atom. The molecule has 0 atom stereocenters. The number of hydrogen-bond acceptors (Lipinski definition) is 0. The van der Waals surface area contributed by atoms with Crippen molar-refractivity contribution < 1.29 is 5.32 Å². The Morgan fingerprint density at radius 3 is 2.80 bits per heavy atom. The van der Waals surface area contributed by atoms with E-state index in [0.717, 1.165) is 0 Å². The predicted molar refractivity (Wildman–Crippen MR) is 20.5 cm³/mol. The van der Waals surface area contributed by atoms with Gasteiger partial charge in [0.1, 0.15) is 0 Å². The lowest BCUT2D eigenvalue weighted by atomic mass is 10.5. The number of rotatable bonds is 0. The van der Waals surface area contributed by atoms with Gasteiger partial charge in [-0.2, -0.15) is 0 Å². The van der Waals surface area contributed by atoms with Gasteiger partial charge in [0, 0.05) is 6.42 Å². The van der Waals surface area contributed by atoms with E-state index in [1.54, 1.807) is 0 Å². The summed E-state index contributed by atoms with van der Waals surface area (Å²) in [5, 5.41) is 2.18. The highest BCUT2D eigenvalue weighted by Crippen LogP contribution is 1.75. The molecule has 1 heterocycles. The molecule has 1 nitrogen and oxygen atoms in total. The molecule has 0 bridgehead atoms. The van der Waals surface area contributed by atoms with Crippen LogP contribution in [0.1, 0.15) is 6.42 Å². The zero-order valence-electron chi connectivity index (χ0n) is 3.15. The van der Waals surface area contributed by atoms with Crippen molar-refractivity contribution >= 4 is 0 Å². The largest absolute Gasteiger partial charge is 0.320 e. The van der Waals surface area contributed by atoms with Gasteiger partial charge >= 0.3 is 0 Å². The van der Waals surface area contributed by atoms with Crippen LogP contribution in [0.4, 0.5) is 0 Å². The van der Waals surface area contributed by atoms with E-state index in [-0.39, 0.29) is 0 Å². The molecule has 1 heteroatoms. The minimum Gasteiger partial charge on any atom is -0.320 e. The first-order valence-corrected chi connectivity index (χ1v) is 1.98. The number of hydrogen-bond donors (Lipinski definition) is 1. The number of nitrogens with two attached hydrogens (primary N) is 1. The molecule has 0 aromatic heterocycles. The highest BCUT2D eigenvalue weighted by molar-refractivity contribution is 4.74. The van der Waals surface area contributed by atoms with Crippen molar-refractivity contribution in [1.29, 1.82) is 0 Å². The molecule has 0 unspecified atom stereocenters. The van der Waals surface area contributed by atoms with Crippen LogP contribution in [0.5, 0.6) is 0 Å².